The first-order valence-corrected chi connectivity index (χ1v) is 9.87. The Balaban J connectivity index is 1.65. The third-order valence-electron chi connectivity index (χ3n) is 4.32. The van der Waals surface area contributed by atoms with E-state index in [-0.39, 0.29) is 29.2 Å². The summed E-state index contributed by atoms with van der Waals surface area (Å²) in [7, 11) is 0. The molecule has 0 unspecified atom stereocenters. The number of hydrogen-bond donors (Lipinski definition) is 2. The summed E-state index contributed by atoms with van der Waals surface area (Å²) in [6.07, 6.45) is 0. The zero-order valence-electron chi connectivity index (χ0n) is 15.2. The largest absolute Gasteiger partial charge is 0.395 e. The molecular weight excluding hydrogens is 386 g/mol. The molecule has 2 amide bonds. The Morgan fingerprint density at radius 2 is 1.81 bits per heavy atom. The number of rotatable bonds is 4. The maximum atomic E-state index is 12.8. The molecule has 0 radical (unpaired) electrons. The highest BCUT2D eigenvalue weighted by molar-refractivity contribution is 7.09. The molecule has 0 saturated carbocycles. The van der Waals surface area contributed by atoms with E-state index in [0.717, 1.165) is 17.2 Å². The molecular formula is C18H22ClN5O2S. The van der Waals surface area contributed by atoms with Gasteiger partial charge in [-0.2, -0.15) is 4.37 Å². The third-order valence-corrected chi connectivity index (χ3v) is 5.42. The lowest BCUT2D eigenvalue weighted by Gasteiger charge is -2.36. The Labute approximate surface area is 167 Å². The zero-order chi connectivity index (χ0) is 19.6. The summed E-state index contributed by atoms with van der Waals surface area (Å²) in [5.41, 5.74) is 7.39. The van der Waals surface area contributed by atoms with Gasteiger partial charge in [-0.3, -0.25) is 9.59 Å². The van der Waals surface area contributed by atoms with Crippen LogP contribution in [-0.4, -0.2) is 53.3 Å². The summed E-state index contributed by atoms with van der Waals surface area (Å²) in [5, 5.41) is 3.44. The van der Waals surface area contributed by atoms with Gasteiger partial charge >= 0.3 is 0 Å². The lowest BCUT2D eigenvalue weighted by Crippen LogP contribution is -2.48. The maximum absolute atomic E-state index is 12.8. The molecule has 7 nitrogen and oxygen atoms in total. The Bertz CT molecular complexity index is 829. The Hall–Kier alpha value is -2.32. The fourth-order valence-corrected chi connectivity index (χ4v) is 3.80. The van der Waals surface area contributed by atoms with Crippen LogP contribution < -0.4 is 16.0 Å². The van der Waals surface area contributed by atoms with Crippen molar-refractivity contribution in [2.24, 2.45) is 0 Å². The molecule has 0 aliphatic carbocycles. The highest BCUT2D eigenvalue weighted by Gasteiger charge is 2.28. The highest BCUT2D eigenvalue weighted by atomic mass is 35.5. The number of hydrogen-bond acceptors (Lipinski definition) is 6. The van der Waals surface area contributed by atoms with Gasteiger partial charge in [0, 0.05) is 42.9 Å². The number of nitrogens with one attached hydrogen (secondary N) is 1. The molecule has 9 heteroatoms. The van der Waals surface area contributed by atoms with E-state index in [2.05, 4.69) is 14.6 Å². The molecule has 1 aliphatic rings. The molecule has 0 atom stereocenters. The quantitative estimate of drug-likeness (QED) is 0.812. The second-order valence-corrected chi connectivity index (χ2v) is 7.87. The van der Waals surface area contributed by atoms with Crippen LogP contribution in [0.1, 0.15) is 34.0 Å². The number of aromatic nitrogens is 1. The predicted octanol–water partition coefficient (Wildman–Crippen LogP) is 2.48. The standard InChI is InChI=1S/C18H22ClN5O2S/c1-11(2)21-17(25)15-14(20)16(27-22-15)18(26)24-9-7-23(8-10-24)13-5-3-12(19)4-6-13/h3-6,11H,7-10,20H2,1-2H3,(H,21,25). The van der Waals surface area contributed by atoms with E-state index in [0.29, 0.717) is 36.1 Å². The van der Waals surface area contributed by atoms with E-state index in [9.17, 15) is 9.59 Å². The van der Waals surface area contributed by atoms with E-state index >= 15 is 0 Å². The third kappa shape index (κ3) is 4.33. The van der Waals surface area contributed by atoms with Crippen molar-refractivity contribution >= 4 is 46.3 Å². The van der Waals surface area contributed by atoms with Gasteiger partial charge < -0.3 is 20.9 Å². The number of nitrogens with zero attached hydrogens (tertiary/aromatic N) is 3. The van der Waals surface area contributed by atoms with Crippen molar-refractivity contribution in [3.63, 3.8) is 0 Å². The fraction of sp³-hybridized carbons (Fsp3) is 0.389. The molecule has 3 rings (SSSR count). The van der Waals surface area contributed by atoms with Crippen LogP contribution in [0.2, 0.25) is 5.02 Å². The monoisotopic (exact) mass is 407 g/mol. The van der Waals surface area contributed by atoms with E-state index in [1.807, 2.05) is 38.1 Å². The Morgan fingerprint density at radius 3 is 2.41 bits per heavy atom. The number of anilines is 2. The van der Waals surface area contributed by atoms with Gasteiger partial charge in [0.05, 0.1) is 5.69 Å². The second-order valence-electron chi connectivity index (χ2n) is 6.66. The molecule has 1 aliphatic heterocycles. The van der Waals surface area contributed by atoms with Crippen LogP contribution in [0.5, 0.6) is 0 Å². The molecule has 1 aromatic heterocycles. The van der Waals surface area contributed by atoms with Crippen molar-refractivity contribution in [2.75, 3.05) is 36.8 Å². The molecule has 3 N–H and O–H groups in total. The first-order valence-electron chi connectivity index (χ1n) is 8.72. The number of piperazine rings is 1. The van der Waals surface area contributed by atoms with Crippen molar-refractivity contribution in [3.8, 4) is 0 Å². The number of nitrogens with two attached hydrogens (primary N) is 1. The van der Waals surface area contributed by atoms with Gasteiger partial charge in [-0.1, -0.05) is 11.6 Å². The van der Waals surface area contributed by atoms with E-state index < -0.39 is 0 Å². The molecule has 0 spiro atoms. The first-order chi connectivity index (χ1) is 12.9. The molecule has 2 aromatic rings. The topological polar surface area (TPSA) is 91.6 Å². The van der Waals surface area contributed by atoms with Crippen molar-refractivity contribution in [1.82, 2.24) is 14.6 Å². The van der Waals surface area contributed by atoms with Crippen LogP contribution in [0.4, 0.5) is 11.4 Å². The number of amides is 2. The molecule has 1 fully saturated rings. The molecule has 144 valence electrons. The number of benzene rings is 1. The molecule has 27 heavy (non-hydrogen) atoms. The summed E-state index contributed by atoms with van der Waals surface area (Å²) in [6.45, 7) is 6.29. The summed E-state index contributed by atoms with van der Waals surface area (Å²) >= 11 is 6.91. The Morgan fingerprint density at radius 1 is 1.19 bits per heavy atom. The molecule has 1 aromatic carbocycles. The molecule has 2 heterocycles. The van der Waals surface area contributed by atoms with Gasteiger partial charge in [0.2, 0.25) is 0 Å². The van der Waals surface area contributed by atoms with Crippen molar-refractivity contribution in [1.29, 1.82) is 0 Å². The minimum absolute atomic E-state index is 0.0290. The summed E-state index contributed by atoms with van der Waals surface area (Å²) in [4.78, 5) is 29.2. The fourth-order valence-electron chi connectivity index (χ4n) is 2.91. The number of nitrogen functional groups attached to an aromatic ring is 1. The van der Waals surface area contributed by atoms with Crippen LogP contribution in [0.15, 0.2) is 24.3 Å². The lowest BCUT2D eigenvalue weighted by atomic mass is 10.2. The number of carbonyl (C=O) groups is 2. The van der Waals surface area contributed by atoms with Crippen LogP contribution in [-0.2, 0) is 0 Å². The summed E-state index contributed by atoms with van der Waals surface area (Å²) in [6, 6.07) is 7.63. The lowest BCUT2D eigenvalue weighted by molar-refractivity contribution is 0.0752. The minimum Gasteiger partial charge on any atom is -0.395 e. The molecule has 0 bridgehead atoms. The van der Waals surface area contributed by atoms with Gasteiger partial charge in [0.25, 0.3) is 11.8 Å². The summed E-state index contributed by atoms with van der Waals surface area (Å²) < 4.78 is 4.09. The van der Waals surface area contributed by atoms with Crippen LogP contribution in [0.25, 0.3) is 0 Å². The van der Waals surface area contributed by atoms with E-state index in [1.54, 1.807) is 4.90 Å². The van der Waals surface area contributed by atoms with Crippen molar-refractivity contribution < 1.29 is 9.59 Å². The van der Waals surface area contributed by atoms with Gasteiger partial charge in [-0.05, 0) is 49.6 Å². The smallest absolute Gasteiger partial charge is 0.273 e. The van der Waals surface area contributed by atoms with Crippen molar-refractivity contribution in [2.45, 2.75) is 19.9 Å². The number of carbonyl (C=O) groups excluding carboxylic acids is 2. The average Bonchev–Trinajstić information content (AvgIpc) is 3.03. The maximum Gasteiger partial charge on any atom is 0.273 e. The second kappa shape index (κ2) is 8.14. The van der Waals surface area contributed by atoms with Crippen LogP contribution in [0, 0.1) is 0 Å². The van der Waals surface area contributed by atoms with Gasteiger partial charge in [0.1, 0.15) is 4.88 Å². The van der Waals surface area contributed by atoms with Gasteiger partial charge in [0.15, 0.2) is 5.69 Å². The van der Waals surface area contributed by atoms with Gasteiger partial charge in [-0.25, -0.2) is 0 Å². The highest BCUT2D eigenvalue weighted by Crippen LogP contribution is 2.25. The van der Waals surface area contributed by atoms with E-state index in [1.165, 1.54) is 0 Å². The normalized spacial score (nSPS) is 14.5. The first kappa shape index (κ1) is 19.4. The van der Waals surface area contributed by atoms with E-state index in [4.69, 9.17) is 17.3 Å². The average molecular weight is 408 g/mol. The SMILES string of the molecule is CC(C)NC(=O)c1nsc(C(=O)N2CCN(c3ccc(Cl)cc3)CC2)c1N. The zero-order valence-corrected chi connectivity index (χ0v) is 16.8. The minimum atomic E-state index is -0.356. The van der Waals surface area contributed by atoms with Crippen molar-refractivity contribution in [3.05, 3.63) is 39.9 Å². The molecule has 1 saturated heterocycles. The van der Waals surface area contributed by atoms with Crippen LogP contribution in [0.3, 0.4) is 0 Å². The summed E-state index contributed by atoms with van der Waals surface area (Å²) in [5.74, 6) is -0.533. The van der Waals surface area contributed by atoms with Gasteiger partial charge in [-0.15, -0.1) is 0 Å². The Kier molecular flexibility index (Phi) is 5.86. The van der Waals surface area contributed by atoms with Crippen LogP contribution >= 0.6 is 23.1 Å². The predicted molar refractivity (Wildman–Crippen MR) is 109 cm³/mol. The number of halogens is 1.